The van der Waals surface area contributed by atoms with Crippen molar-refractivity contribution in [3.05, 3.63) is 23.8 Å². The molecule has 0 radical (unpaired) electrons. The Kier molecular flexibility index (Phi) is 5.66. The number of hydrogen-bond donors (Lipinski definition) is 2. The molecule has 0 bridgehead atoms. The highest BCUT2D eigenvalue weighted by Crippen LogP contribution is 2.25. The van der Waals surface area contributed by atoms with Gasteiger partial charge in [-0.2, -0.15) is 0 Å². The molecular formula is C12H19NO2S. The lowest BCUT2D eigenvalue weighted by atomic mass is 10.2. The Balaban J connectivity index is 2.44. The maximum absolute atomic E-state index is 9.62. The van der Waals surface area contributed by atoms with Crippen molar-refractivity contribution >= 4 is 17.4 Å². The predicted octanol–water partition coefficient (Wildman–Crippen LogP) is 2.07. The summed E-state index contributed by atoms with van der Waals surface area (Å²) < 4.78 is 5.15. The minimum Gasteiger partial charge on any atom is -0.399 e. The van der Waals surface area contributed by atoms with E-state index < -0.39 is 6.10 Å². The van der Waals surface area contributed by atoms with E-state index in [1.54, 1.807) is 11.8 Å². The van der Waals surface area contributed by atoms with Gasteiger partial charge in [0.2, 0.25) is 0 Å². The molecule has 0 spiro atoms. The van der Waals surface area contributed by atoms with Crippen molar-refractivity contribution in [2.75, 3.05) is 24.7 Å². The summed E-state index contributed by atoms with van der Waals surface area (Å²) in [6.07, 6.45) is -0.425. The number of benzene rings is 1. The van der Waals surface area contributed by atoms with Gasteiger partial charge in [-0.3, -0.25) is 0 Å². The molecule has 1 rings (SSSR count). The lowest BCUT2D eigenvalue weighted by Gasteiger charge is -2.11. The molecule has 90 valence electrons. The topological polar surface area (TPSA) is 55.5 Å². The fourth-order valence-electron chi connectivity index (χ4n) is 1.26. The number of aliphatic hydroxyl groups is 1. The second-order valence-corrected chi connectivity index (χ2v) is 4.71. The first kappa shape index (κ1) is 13.4. The standard InChI is InChI=1S/C12H19NO2S/c1-3-15-7-11(14)8-16-12-6-10(13)5-4-9(12)2/h4-6,11,14H,3,7-8,13H2,1-2H3. The highest BCUT2D eigenvalue weighted by atomic mass is 32.2. The van der Waals surface area contributed by atoms with Gasteiger partial charge in [0.1, 0.15) is 0 Å². The monoisotopic (exact) mass is 241 g/mol. The molecule has 0 amide bonds. The lowest BCUT2D eigenvalue weighted by molar-refractivity contribution is 0.0551. The maximum Gasteiger partial charge on any atom is 0.0867 e. The fourth-order valence-corrected chi connectivity index (χ4v) is 2.24. The lowest BCUT2D eigenvalue weighted by Crippen LogP contribution is -2.17. The molecule has 1 unspecified atom stereocenters. The third-order valence-electron chi connectivity index (χ3n) is 2.16. The minimum absolute atomic E-state index is 0.394. The molecule has 1 atom stereocenters. The number of hydrogen-bond acceptors (Lipinski definition) is 4. The van der Waals surface area contributed by atoms with Crippen LogP contribution in [0.2, 0.25) is 0 Å². The van der Waals surface area contributed by atoms with Crippen molar-refractivity contribution in [1.82, 2.24) is 0 Å². The van der Waals surface area contributed by atoms with Gasteiger partial charge < -0.3 is 15.6 Å². The zero-order valence-electron chi connectivity index (χ0n) is 9.77. The van der Waals surface area contributed by atoms with Crippen LogP contribution in [0.25, 0.3) is 0 Å². The summed E-state index contributed by atoms with van der Waals surface area (Å²) in [5.41, 5.74) is 7.65. The zero-order valence-corrected chi connectivity index (χ0v) is 10.6. The summed E-state index contributed by atoms with van der Waals surface area (Å²) in [6, 6.07) is 5.82. The van der Waals surface area contributed by atoms with E-state index >= 15 is 0 Å². The van der Waals surface area contributed by atoms with E-state index in [-0.39, 0.29) is 0 Å². The number of nitrogens with two attached hydrogens (primary N) is 1. The Morgan fingerprint density at radius 2 is 2.25 bits per heavy atom. The molecule has 1 aromatic rings. The first-order chi connectivity index (χ1) is 7.63. The molecule has 0 aliphatic heterocycles. The van der Waals surface area contributed by atoms with Gasteiger partial charge in [0.05, 0.1) is 12.7 Å². The van der Waals surface area contributed by atoms with Crippen molar-refractivity contribution in [3.63, 3.8) is 0 Å². The van der Waals surface area contributed by atoms with Gasteiger partial charge in [-0.15, -0.1) is 11.8 Å². The van der Waals surface area contributed by atoms with E-state index in [1.807, 2.05) is 32.0 Å². The van der Waals surface area contributed by atoms with Crippen LogP contribution >= 0.6 is 11.8 Å². The Morgan fingerprint density at radius 3 is 2.94 bits per heavy atom. The van der Waals surface area contributed by atoms with Crippen LogP contribution in [0.3, 0.4) is 0 Å². The van der Waals surface area contributed by atoms with Crippen LogP contribution < -0.4 is 5.73 Å². The molecule has 0 aromatic heterocycles. The van der Waals surface area contributed by atoms with Crippen molar-refractivity contribution in [3.8, 4) is 0 Å². The van der Waals surface area contributed by atoms with E-state index in [0.717, 1.165) is 10.6 Å². The largest absolute Gasteiger partial charge is 0.399 e. The first-order valence-corrected chi connectivity index (χ1v) is 6.36. The molecule has 0 fully saturated rings. The van der Waals surface area contributed by atoms with Crippen LogP contribution in [-0.4, -0.2) is 30.2 Å². The van der Waals surface area contributed by atoms with E-state index in [9.17, 15) is 5.11 Å². The Morgan fingerprint density at radius 1 is 1.50 bits per heavy atom. The van der Waals surface area contributed by atoms with Crippen LogP contribution in [0.5, 0.6) is 0 Å². The Labute approximate surface area is 101 Å². The van der Waals surface area contributed by atoms with Crippen LogP contribution in [0.4, 0.5) is 5.69 Å². The van der Waals surface area contributed by atoms with Crippen LogP contribution in [0.15, 0.2) is 23.1 Å². The number of anilines is 1. The predicted molar refractivity (Wildman–Crippen MR) is 68.8 cm³/mol. The minimum atomic E-state index is -0.425. The van der Waals surface area contributed by atoms with Crippen molar-refractivity contribution in [1.29, 1.82) is 0 Å². The van der Waals surface area contributed by atoms with E-state index in [1.165, 1.54) is 5.56 Å². The second kappa shape index (κ2) is 6.78. The molecule has 16 heavy (non-hydrogen) atoms. The average molecular weight is 241 g/mol. The zero-order chi connectivity index (χ0) is 12.0. The summed E-state index contributed by atoms with van der Waals surface area (Å²) in [4.78, 5) is 1.12. The molecule has 0 heterocycles. The van der Waals surface area contributed by atoms with Crippen LogP contribution in [0, 0.1) is 6.92 Å². The van der Waals surface area contributed by atoms with Gasteiger partial charge in [0.15, 0.2) is 0 Å². The number of rotatable bonds is 6. The SMILES string of the molecule is CCOCC(O)CSc1cc(N)ccc1C. The van der Waals surface area contributed by atoms with Gasteiger partial charge in [0, 0.05) is 22.9 Å². The Hall–Kier alpha value is -0.710. The molecule has 1 aromatic carbocycles. The van der Waals surface area contributed by atoms with Crippen molar-refractivity contribution in [2.45, 2.75) is 24.8 Å². The normalized spacial score (nSPS) is 12.7. The third-order valence-corrected chi connectivity index (χ3v) is 3.46. The van der Waals surface area contributed by atoms with Crippen molar-refractivity contribution in [2.24, 2.45) is 0 Å². The van der Waals surface area contributed by atoms with E-state index in [4.69, 9.17) is 10.5 Å². The summed E-state index contributed by atoms with van der Waals surface area (Å²) in [5, 5.41) is 9.62. The smallest absolute Gasteiger partial charge is 0.0867 e. The first-order valence-electron chi connectivity index (χ1n) is 5.38. The number of aliphatic hydroxyl groups excluding tert-OH is 1. The highest BCUT2D eigenvalue weighted by molar-refractivity contribution is 7.99. The van der Waals surface area contributed by atoms with Crippen molar-refractivity contribution < 1.29 is 9.84 Å². The fraction of sp³-hybridized carbons (Fsp3) is 0.500. The number of ether oxygens (including phenoxy) is 1. The molecule has 3 N–H and O–H groups in total. The molecule has 0 saturated heterocycles. The number of thioether (sulfide) groups is 1. The molecule has 4 heteroatoms. The quantitative estimate of drug-likeness (QED) is 0.591. The van der Waals surface area contributed by atoms with E-state index in [0.29, 0.717) is 19.0 Å². The van der Waals surface area contributed by atoms with Gasteiger partial charge in [-0.1, -0.05) is 6.07 Å². The van der Waals surface area contributed by atoms with E-state index in [2.05, 4.69) is 0 Å². The third kappa shape index (κ3) is 4.43. The summed E-state index contributed by atoms with van der Waals surface area (Å²) in [7, 11) is 0. The van der Waals surface area contributed by atoms with Crippen LogP contribution in [-0.2, 0) is 4.74 Å². The Bertz CT molecular complexity index is 331. The average Bonchev–Trinajstić information content (AvgIpc) is 2.27. The molecule has 3 nitrogen and oxygen atoms in total. The summed E-state index contributed by atoms with van der Waals surface area (Å²) in [6.45, 7) is 4.99. The second-order valence-electron chi connectivity index (χ2n) is 3.65. The summed E-state index contributed by atoms with van der Waals surface area (Å²) >= 11 is 1.61. The van der Waals surface area contributed by atoms with Gasteiger partial charge in [0.25, 0.3) is 0 Å². The van der Waals surface area contributed by atoms with Crippen LogP contribution in [0.1, 0.15) is 12.5 Å². The van der Waals surface area contributed by atoms with Gasteiger partial charge in [-0.25, -0.2) is 0 Å². The molecule has 0 saturated carbocycles. The van der Waals surface area contributed by atoms with Gasteiger partial charge in [-0.05, 0) is 31.5 Å². The number of aryl methyl sites for hydroxylation is 1. The number of nitrogen functional groups attached to an aromatic ring is 1. The maximum atomic E-state index is 9.62. The molecule has 0 aliphatic carbocycles. The molecular weight excluding hydrogens is 222 g/mol. The van der Waals surface area contributed by atoms with Gasteiger partial charge >= 0.3 is 0 Å². The molecule has 0 aliphatic rings. The summed E-state index contributed by atoms with van der Waals surface area (Å²) in [5.74, 6) is 0.629. The highest BCUT2D eigenvalue weighted by Gasteiger charge is 2.06.